The molecular weight excluding hydrogens is 262 g/mol. The van der Waals surface area contributed by atoms with E-state index in [0.29, 0.717) is 5.92 Å². The second-order valence-corrected chi connectivity index (χ2v) is 5.39. The quantitative estimate of drug-likeness (QED) is 0.810. The van der Waals surface area contributed by atoms with Gasteiger partial charge in [0, 0.05) is 11.6 Å². The molecule has 0 saturated heterocycles. The largest absolute Gasteiger partial charge is 0.326 e. The van der Waals surface area contributed by atoms with Gasteiger partial charge in [-0.15, -0.1) is 0 Å². The molecule has 2 atom stereocenters. The van der Waals surface area contributed by atoms with Gasteiger partial charge in [-0.3, -0.25) is 4.79 Å². The highest BCUT2D eigenvalue weighted by Crippen LogP contribution is 2.38. The number of carbonyl (C=O) groups excluding carboxylic acids is 1. The van der Waals surface area contributed by atoms with E-state index < -0.39 is 0 Å². The van der Waals surface area contributed by atoms with Crippen LogP contribution in [0.2, 0.25) is 0 Å². The maximum absolute atomic E-state index is 11.8. The molecule has 21 heavy (non-hydrogen) atoms. The fraction of sp³-hybridized carbons (Fsp3) is 0.235. The van der Waals surface area contributed by atoms with Crippen molar-refractivity contribution < 1.29 is 4.79 Å². The fourth-order valence-corrected chi connectivity index (χ4v) is 2.14. The van der Waals surface area contributed by atoms with Gasteiger partial charge in [0.1, 0.15) is 0 Å². The van der Waals surface area contributed by atoms with Crippen LogP contribution in [-0.4, -0.2) is 5.91 Å². The SMILES string of the molecule is C[C@@H]1C[C@@H]1C(=O)Nc1ccc(N=Nc2ccccc2)cc1. The van der Waals surface area contributed by atoms with E-state index in [-0.39, 0.29) is 11.8 Å². The molecule has 1 saturated carbocycles. The van der Waals surface area contributed by atoms with E-state index >= 15 is 0 Å². The number of hydrogen-bond donors (Lipinski definition) is 1. The maximum Gasteiger partial charge on any atom is 0.227 e. The van der Waals surface area contributed by atoms with Crippen LogP contribution in [0.25, 0.3) is 0 Å². The number of anilines is 1. The Morgan fingerprint density at radius 1 is 1.00 bits per heavy atom. The monoisotopic (exact) mass is 279 g/mol. The molecule has 0 radical (unpaired) electrons. The van der Waals surface area contributed by atoms with Crippen molar-refractivity contribution in [2.75, 3.05) is 5.32 Å². The van der Waals surface area contributed by atoms with E-state index in [1.807, 2.05) is 54.6 Å². The van der Waals surface area contributed by atoms with Crippen molar-refractivity contribution in [3.63, 3.8) is 0 Å². The van der Waals surface area contributed by atoms with E-state index in [2.05, 4.69) is 22.5 Å². The lowest BCUT2D eigenvalue weighted by molar-refractivity contribution is -0.117. The first-order valence-corrected chi connectivity index (χ1v) is 7.10. The van der Waals surface area contributed by atoms with Gasteiger partial charge in [0.05, 0.1) is 11.4 Å². The van der Waals surface area contributed by atoms with Crippen LogP contribution in [0.1, 0.15) is 13.3 Å². The summed E-state index contributed by atoms with van der Waals surface area (Å²) in [6.45, 7) is 2.09. The molecule has 0 heterocycles. The summed E-state index contributed by atoms with van der Waals surface area (Å²) in [5, 5.41) is 11.2. The number of amides is 1. The Morgan fingerprint density at radius 3 is 2.14 bits per heavy atom. The number of hydrogen-bond acceptors (Lipinski definition) is 3. The normalized spacial score (nSPS) is 20.4. The van der Waals surface area contributed by atoms with Crippen LogP contribution < -0.4 is 5.32 Å². The summed E-state index contributed by atoms with van der Waals surface area (Å²) in [6, 6.07) is 17.0. The molecule has 4 nitrogen and oxygen atoms in total. The molecule has 0 bridgehead atoms. The average molecular weight is 279 g/mol. The summed E-state index contributed by atoms with van der Waals surface area (Å²) < 4.78 is 0. The molecule has 1 fully saturated rings. The second kappa shape index (κ2) is 5.87. The summed E-state index contributed by atoms with van der Waals surface area (Å²) in [6.07, 6.45) is 0.995. The van der Waals surface area contributed by atoms with Gasteiger partial charge in [0.15, 0.2) is 0 Å². The smallest absolute Gasteiger partial charge is 0.227 e. The van der Waals surface area contributed by atoms with Gasteiger partial charge >= 0.3 is 0 Å². The van der Waals surface area contributed by atoms with Crippen LogP contribution >= 0.6 is 0 Å². The highest BCUT2D eigenvalue weighted by atomic mass is 16.2. The number of nitrogens with one attached hydrogen (secondary N) is 1. The van der Waals surface area contributed by atoms with Crippen LogP contribution in [0.15, 0.2) is 64.8 Å². The Balaban J connectivity index is 1.61. The van der Waals surface area contributed by atoms with Crippen molar-refractivity contribution >= 4 is 23.0 Å². The minimum atomic E-state index is 0.112. The van der Waals surface area contributed by atoms with E-state index in [0.717, 1.165) is 23.5 Å². The van der Waals surface area contributed by atoms with Crippen LogP contribution in [0.3, 0.4) is 0 Å². The Kier molecular flexibility index (Phi) is 3.77. The van der Waals surface area contributed by atoms with Crippen molar-refractivity contribution in [3.05, 3.63) is 54.6 Å². The Hall–Kier alpha value is -2.49. The molecule has 1 N–H and O–H groups in total. The molecule has 1 amide bonds. The predicted molar refractivity (Wildman–Crippen MR) is 83.0 cm³/mol. The molecule has 1 aliphatic rings. The average Bonchev–Trinajstić information content (AvgIpc) is 3.25. The molecule has 106 valence electrons. The molecule has 2 aromatic rings. The molecule has 2 aromatic carbocycles. The zero-order valence-electron chi connectivity index (χ0n) is 11.9. The third kappa shape index (κ3) is 3.54. The van der Waals surface area contributed by atoms with Gasteiger partial charge in [-0.1, -0.05) is 25.1 Å². The maximum atomic E-state index is 11.8. The molecule has 0 aromatic heterocycles. The summed E-state index contributed by atoms with van der Waals surface area (Å²) >= 11 is 0. The number of nitrogens with zero attached hydrogens (tertiary/aromatic N) is 2. The number of rotatable bonds is 4. The topological polar surface area (TPSA) is 53.8 Å². The summed E-state index contributed by atoms with van der Waals surface area (Å²) in [5.41, 5.74) is 2.38. The highest BCUT2D eigenvalue weighted by Gasteiger charge is 2.38. The minimum Gasteiger partial charge on any atom is -0.326 e. The van der Waals surface area contributed by atoms with Crippen molar-refractivity contribution in [1.82, 2.24) is 0 Å². The summed E-state index contributed by atoms with van der Waals surface area (Å²) in [7, 11) is 0. The Morgan fingerprint density at radius 2 is 1.57 bits per heavy atom. The number of benzene rings is 2. The molecule has 1 aliphatic carbocycles. The lowest BCUT2D eigenvalue weighted by Crippen LogP contribution is -2.14. The predicted octanol–water partition coefficient (Wildman–Crippen LogP) is 4.70. The van der Waals surface area contributed by atoms with Crippen LogP contribution in [0.4, 0.5) is 17.1 Å². The zero-order chi connectivity index (χ0) is 14.7. The first kappa shape index (κ1) is 13.5. The first-order chi connectivity index (χ1) is 10.2. The van der Waals surface area contributed by atoms with Crippen LogP contribution in [-0.2, 0) is 4.79 Å². The Bertz CT molecular complexity index is 649. The molecule has 4 heteroatoms. The molecule has 0 aliphatic heterocycles. The molecule has 0 spiro atoms. The zero-order valence-corrected chi connectivity index (χ0v) is 11.9. The van der Waals surface area contributed by atoms with Gasteiger partial charge in [-0.25, -0.2) is 0 Å². The first-order valence-electron chi connectivity index (χ1n) is 7.10. The van der Waals surface area contributed by atoms with Crippen LogP contribution in [0, 0.1) is 11.8 Å². The van der Waals surface area contributed by atoms with E-state index in [1.54, 1.807) is 0 Å². The van der Waals surface area contributed by atoms with Crippen molar-refractivity contribution in [2.45, 2.75) is 13.3 Å². The van der Waals surface area contributed by atoms with Crippen molar-refractivity contribution in [1.29, 1.82) is 0 Å². The molecule has 0 unspecified atom stereocenters. The standard InChI is InChI=1S/C17H17N3O/c1-12-11-16(12)17(21)18-13-7-9-15(10-8-13)20-19-14-5-3-2-4-6-14/h2-10,12,16H,11H2,1H3,(H,18,21)/t12-,16+/m1/s1. The van der Waals surface area contributed by atoms with E-state index in [1.165, 1.54) is 0 Å². The van der Waals surface area contributed by atoms with E-state index in [4.69, 9.17) is 0 Å². The summed E-state index contributed by atoms with van der Waals surface area (Å²) in [5.74, 6) is 0.813. The van der Waals surface area contributed by atoms with Gasteiger partial charge in [-0.05, 0) is 48.7 Å². The van der Waals surface area contributed by atoms with E-state index in [9.17, 15) is 4.79 Å². The van der Waals surface area contributed by atoms with Gasteiger partial charge < -0.3 is 5.32 Å². The van der Waals surface area contributed by atoms with Crippen molar-refractivity contribution in [2.24, 2.45) is 22.1 Å². The second-order valence-electron chi connectivity index (χ2n) is 5.39. The lowest BCUT2D eigenvalue weighted by atomic mass is 10.2. The number of carbonyl (C=O) groups is 1. The minimum absolute atomic E-state index is 0.112. The van der Waals surface area contributed by atoms with Crippen LogP contribution in [0.5, 0.6) is 0 Å². The van der Waals surface area contributed by atoms with Crippen molar-refractivity contribution in [3.8, 4) is 0 Å². The Labute approximate surface area is 123 Å². The van der Waals surface area contributed by atoms with Gasteiger partial charge in [0.25, 0.3) is 0 Å². The van der Waals surface area contributed by atoms with Gasteiger partial charge in [0.2, 0.25) is 5.91 Å². The van der Waals surface area contributed by atoms with Gasteiger partial charge in [-0.2, -0.15) is 10.2 Å². The fourth-order valence-electron chi connectivity index (χ4n) is 2.14. The third-order valence-corrected chi connectivity index (χ3v) is 3.62. The number of azo groups is 1. The molecule has 3 rings (SSSR count). The summed E-state index contributed by atoms with van der Waals surface area (Å²) in [4.78, 5) is 11.8. The highest BCUT2D eigenvalue weighted by molar-refractivity contribution is 5.94. The molecular formula is C17H17N3O. The lowest BCUT2D eigenvalue weighted by Gasteiger charge is -2.04. The third-order valence-electron chi connectivity index (χ3n) is 3.62.